The minimum Gasteiger partial charge on any atom is -0.392 e. The Kier molecular flexibility index (Phi) is 5.97. The highest BCUT2D eigenvalue weighted by atomic mass is 16.3. The summed E-state index contributed by atoms with van der Waals surface area (Å²) in [4.78, 5) is 12.8. The van der Waals surface area contributed by atoms with Gasteiger partial charge in [-0.3, -0.25) is 4.79 Å². The fourth-order valence-corrected chi connectivity index (χ4v) is 8.62. The first-order chi connectivity index (χ1) is 14.9. The number of aliphatic hydroxyl groups is 1. The van der Waals surface area contributed by atoms with Crippen molar-refractivity contribution in [3.8, 4) is 0 Å². The molecule has 2 fully saturated rings. The van der Waals surface area contributed by atoms with Crippen molar-refractivity contribution < 1.29 is 9.90 Å². The fraction of sp³-hybridized carbons (Fsp3) is 0.767. The van der Waals surface area contributed by atoms with Crippen molar-refractivity contribution in [2.24, 2.45) is 39.4 Å². The molecule has 1 N–H and O–H groups in total. The van der Waals surface area contributed by atoms with Gasteiger partial charge in [0.05, 0.1) is 6.61 Å². The first-order valence-electron chi connectivity index (χ1n) is 13.1. The van der Waals surface area contributed by atoms with Gasteiger partial charge in [0.25, 0.3) is 0 Å². The molecule has 0 aromatic rings. The highest BCUT2D eigenvalue weighted by Crippen LogP contribution is 2.71. The normalized spacial score (nSPS) is 41.9. The van der Waals surface area contributed by atoms with E-state index in [4.69, 9.17) is 0 Å². The molecule has 0 bridgehead atoms. The zero-order valence-electron chi connectivity index (χ0n) is 21.7. The van der Waals surface area contributed by atoms with Gasteiger partial charge in [0.1, 0.15) is 5.78 Å². The molecule has 0 spiro atoms. The third-order valence-electron chi connectivity index (χ3n) is 11.1. The van der Waals surface area contributed by atoms with Gasteiger partial charge in [0.2, 0.25) is 0 Å². The molecule has 0 heterocycles. The number of hydrogen-bond acceptors (Lipinski definition) is 2. The van der Waals surface area contributed by atoms with Gasteiger partial charge in [-0.25, -0.2) is 0 Å². The smallest absolute Gasteiger partial charge is 0.138 e. The molecule has 4 aliphatic carbocycles. The van der Waals surface area contributed by atoms with Crippen LogP contribution >= 0.6 is 0 Å². The van der Waals surface area contributed by atoms with E-state index in [1.807, 2.05) is 6.92 Å². The second-order valence-electron chi connectivity index (χ2n) is 12.9. The molecule has 6 atom stereocenters. The monoisotopic (exact) mass is 438 g/mol. The summed E-state index contributed by atoms with van der Waals surface area (Å²) in [5.41, 5.74) is 4.80. The van der Waals surface area contributed by atoms with Gasteiger partial charge in [-0.05, 0) is 97.0 Å². The number of aliphatic hydroxyl groups excluding tert-OH is 1. The van der Waals surface area contributed by atoms with E-state index in [2.05, 4.69) is 59.8 Å². The third kappa shape index (κ3) is 3.26. The molecule has 4 aliphatic rings. The second-order valence-corrected chi connectivity index (χ2v) is 12.9. The van der Waals surface area contributed by atoms with Crippen molar-refractivity contribution in [3.63, 3.8) is 0 Å². The van der Waals surface area contributed by atoms with Crippen LogP contribution < -0.4 is 0 Å². The first kappa shape index (κ1) is 24.0. The lowest BCUT2D eigenvalue weighted by Crippen LogP contribution is -2.53. The molecular weight excluding hydrogens is 392 g/mol. The average molecular weight is 439 g/mol. The van der Waals surface area contributed by atoms with Gasteiger partial charge in [-0.15, -0.1) is 0 Å². The summed E-state index contributed by atoms with van der Waals surface area (Å²) in [5, 5.41) is 9.30. The van der Waals surface area contributed by atoms with E-state index >= 15 is 0 Å². The Bertz CT molecular complexity index is 873. The van der Waals surface area contributed by atoms with Crippen molar-refractivity contribution in [1.29, 1.82) is 0 Å². The maximum absolute atomic E-state index is 12.8. The van der Waals surface area contributed by atoms with Gasteiger partial charge >= 0.3 is 0 Å². The van der Waals surface area contributed by atoms with Crippen LogP contribution in [-0.4, -0.2) is 17.5 Å². The lowest BCUT2D eigenvalue weighted by molar-refractivity contribution is -0.138. The molecule has 178 valence electrons. The molecular formula is C30H46O2. The summed E-state index contributed by atoms with van der Waals surface area (Å²) < 4.78 is 0. The zero-order valence-corrected chi connectivity index (χ0v) is 21.7. The Balaban J connectivity index is 1.63. The fourth-order valence-electron chi connectivity index (χ4n) is 8.62. The van der Waals surface area contributed by atoms with E-state index in [1.54, 1.807) is 11.1 Å². The Morgan fingerprint density at radius 1 is 1.16 bits per heavy atom. The molecule has 1 unspecified atom stereocenters. The lowest BCUT2D eigenvalue weighted by Gasteiger charge is -2.59. The van der Waals surface area contributed by atoms with E-state index < -0.39 is 0 Å². The topological polar surface area (TPSA) is 37.3 Å². The van der Waals surface area contributed by atoms with E-state index in [1.165, 1.54) is 25.7 Å². The van der Waals surface area contributed by atoms with Crippen LogP contribution in [0.3, 0.4) is 0 Å². The summed E-state index contributed by atoms with van der Waals surface area (Å²) >= 11 is 0. The van der Waals surface area contributed by atoms with Crippen molar-refractivity contribution >= 4 is 5.78 Å². The van der Waals surface area contributed by atoms with Crippen molar-refractivity contribution in [2.45, 2.75) is 99.8 Å². The molecule has 0 aliphatic heterocycles. The number of carbonyl (C=O) groups is 1. The van der Waals surface area contributed by atoms with Gasteiger partial charge in [0.15, 0.2) is 0 Å². The van der Waals surface area contributed by atoms with Crippen LogP contribution in [0, 0.1) is 39.4 Å². The molecule has 32 heavy (non-hydrogen) atoms. The minimum atomic E-state index is -0.218. The number of Topliss-reactive ketones (excluding diaryl/α,β-unsaturated/α-hetero) is 1. The Morgan fingerprint density at radius 2 is 1.88 bits per heavy atom. The third-order valence-corrected chi connectivity index (χ3v) is 11.1. The summed E-state index contributed by atoms with van der Waals surface area (Å²) in [5.74, 6) is 2.32. The van der Waals surface area contributed by atoms with Crippen molar-refractivity contribution in [2.75, 3.05) is 6.61 Å². The van der Waals surface area contributed by atoms with E-state index in [9.17, 15) is 9.90 Å². The maximum atomic E-state index is 12.8. The van der Waals surface area contributed by atoms with Crippen LogP contribution in [0.4, 0.5) is 0 Å². The number of allylic oxidation sites excluding steroid dienone is 5. The number of ketones is 1. The summed E-state index contributed by atoms with van der Waals surface area (Å²) in [6.45, 7) is 16.7. The van der Waals surface area contributed by atoms with Crippen LogP contribution in [0.1, 0.15) is 99.8 Å². The zero-order chi connectivity index (χ0) is 23.5. The quantitative estimate of drug-likeness (QED) is 0.453. The molecule has 0 saturated heterocycles. The van der Waals surface area contributed by atoms with E-state index in [0.29, 0.717) is 23.0 Å². The predicted molar refractivity (Wildman–Crippen MR) is 133 cm³/mol. The highest BCUT2D eigenvalue weighted by Gasteiger charge is 2.63. The Labute approximate surface area is 196 Å². The van der Waals surface area contributed by atoms with Gasteiger partial charge in [-0.2, -0.15) is 0 Å². The molecule has 0 aromatic carbocycles. The van der Waals surface area contributed by atoms with Crippen LogP contribution in [-0.2, 0) is 4.79 Å². The first-order valence-corrected chi connectivity index (χ1v) is 13.1. The van der Waals surface area contributed by atoms with Crippen LogP contribution in [0.25, 0.3) is 0 Å². The van der Waals surface area contributed by atoms with Gasteiger partial charge in [0, 0.05) is 11.8 Å². The van der Waals surface area contributed by atoms with Gasteiger partial charge < -0.3 is 5.11 Å². The summed E-state index contributed by atoms with van der Waals surface area (Å²) in [6.07, 6.45) is 16.3. The molecule has 0 amide bonds. The number of rotatable bonds is 5. The SMILES string of the molecule is CC(=CCC[C@@H](C)[C@@H]1CC[C@@]2(C)C3=CCC4C(C)(C)C(=O)CC[C@]4(C)C3=CC[C@]12C)CO. The standard InChI is InChI=1S/C30H46O2/c1-20(19-31)9-8-10-21(2)22-13-17-30(7)24-11-12-25-27(3,4)26(32)15-16-28(25,5)23(24)14-18-29(22,30)6/h9,11,14,21-22,25,31H,8,10,12-13,15-19H2,1-7H3/t21-,22+,25?,28-,29-,30+/m1/s1. The average Bonchev–Trinajstić information content (AvgIpc) is 3.02. The molecule has 0 aromatic heterocycles. The highest BCUT2D eigenvalue weighted by molar-refractivity contribution is 5.86. The van der Waals surface area contributed by atoms with E-state index in [0.717, 1.165) is 37.2 Å². The Morgan fingerprint density at radius 3 is 2.56 bits per heavy atom. The number of fused-ring (bicyclic) bond motifs is 5. The van der Waals surface area contributed by atoms with Crippen molar-refractivity contribution in [1.82, 2.24) is 0 Å². The second kappa shape index (κ2) is 7.97. The summed E-state index contributed by atoms with van der Waals surface area (Å²) in [6, 6.07) is 0. The van der Waals surface area contributed by atoms with Crippen LogP contribution in [0.15, 0.2) is 34.9 Å². The largest absolute Gasteiger partial charge is 0.392 e. The maximum Gasteiger partial charge on any atom is 0.138 e. The molecule has 2 heteroatoms. The number of hydrogen-bond donors (Lipinski definition) is 1. The van der Waals surface area contributed by atoms with Crippen molar-refractivity contribution in [3.05, 3.63) is 34.9 Å². The Hall–Kier alpha value is -1.15. The minimum absolute atomic E-state index is 0.141. The number of carbonyl (C=O) groups excluding carboxylic acids is 1. The molecule has 2 saturated carbocycles. The molecule has 4 rings (SSSR count). The summed E-state index contributed by atoms with van der Waals surface area (Å²) in [7, 11) is 0. The van der Waals surface area contributed by atoms with Gasteiger partial charge in [-0.1, -0.05) is 65.3 Å². The van der Waals surface area contributed by atoms with Crippen LogP contribution in [0.2, 0.25) is 0 Å². The van der Waals surface area contributed by atoms with Crippen LogP contribution in [0.5, 0.6) is 0 Å². The molecule has 2 nitrogen and oxygen atoms in total. The van der Waals surface area contributed by atoms with E-state index in [-0.39, 0.29) is 22.9 Å². The molecule has 0 radical (unpaired) electrons. The lowest BCUT2D eigenvalue weighted by atomic mass is 9.44. The predicted octanol–water partition coefficient (Wildman–Crippen LogP) is 7.44.